The predicted octanol–water partition coefficient (Wildman–Crippen LogP) is 6.31. The predicted molar refractivity (Wildman–Crippen MR) is 108 cm³/mol. The summed E-state index contributed by atoms with van der Waals surface area (Å²) in [7, 11) is 0. The lowest BCUT2D eigenvalue weighted by Crippen LogP contribution is -2.33. The number of hydrogen-bond acceptors (Lipinski definition) is 3. The van der Waals surface area contributed by atoms with Crippen LogP contribution in [-0.4, -0.2) is 29.1 Å². The van der Waals surface area contributed by atoms with Crippen molar-refractivity contribution in [1.29, 1.82) is 0 Å². The Morgan fingerprint density at radius 1 is 0.808 bits per heavy atom. The van der Waals surface area contributed by atoms with E-state index in [-0.39, 0.29) is 0 Å². The molecule has 0 heterocycles. The summed E-state index contributed by atoms with van der Waals surface area (Å²) in [6, 6.07) is 0. The topological polar surface area (TPSA) is 63.6 Å². The van der Waals surface area contributed by atoms with Gasteiger partial charge in [0.25, 0.3) is 0 Å². The number of carboxylic acid groups (broad SMARTS) is 1. The Hall–Kier alpha value is -0.900. The average Bonchev–Trinajstić information content (AvgIpc) is 2.56. The molecule has 0 bridgehead atoms. The van der Waals surface area contributed by atoms with Crippen molar-refractivity contribution in [3.8, 4) is 0 Å². The third-order valence-corrected chi connectivity index (χ3v) is 4.56. The molecule has 0 spiro atoms. The molecule has 26 heavy (non-hydrogen) atoms. The molecule has 0 fully saturated rings. The van der Waals surface area contributed by atoms with Crippen molar-refractivity contribution in [2.75, 3.05) is 0 Å². The Morgan fingerprint density at radius 3 is 1.54 bits per heavy atom. The van der Waals surface area contributed by atoms with Crippen LogP contribution in [0.15, 0.2) is 0 Å². The third-order valence-electron chi connectivity index (χ3n) is 4.56. The minimum Gasteiger partial charge on any atom is -0.479 e. The number of hydrogen-bond donors (Lipinski definition) is 1. The van der Waals surface area contributed by atoms with Crippen molar-refractivity contribution in [3.63, 3.8) is 0 Å². The van der Waals surface area contributed by atoms with Crippen molar-refractivity contribution in [2.45, 2.75) is 129 Å². The zero-order valence-electron chi connectivity index (χ0n) is 17.4. The van der Waals surface area contributed by atoms with Gasteiger partial charge in [-0.3, -0.25) is 0 Å². The number of ether oxygens (including phenoxy) is 1. The Kier molecular flexibility index (Phi) is 15.7. The molecule has 1 atom stereocenters. The van der Waals surface area contributed by atoms with Gasteiger partial charge in [-0.15, -0.1) is 0 Å². The van der Waals surface area contributed by atoms with Crippen LogP contribution in [0.2, 0.25) is 0 Å². The van der Waals surface area contributed by atoms with Crippen molar-refractivity contribution in [3.05, 3.63) is 0 Å². The highest BCUT2D eigenvalue weighted by Gasteiger charge is 2.24. The first-order valence-electron chi connectivity index (χ1n) is 10.7. The van der Waals surface area contributed by atoms with Gasteiger partial charge in [-0.05, 0) is 33.6 Å². The lowest BCUT2D eigenvalue weighted by molar-refractivity contribution is -0.160. The summed E-state index contributed by atoms with van der Waals surface area (Å²) >= 11 is 0. The fourth-order valence-corrected chi connectivity index (χ4v) is 3.16. The van der Waals surface area contributed by atoms with Crippen LogP contribution in [-0.2, 0) is 14.3 Å². The summed E-state index contributed by atoms with van der Waals surface area (Å²) in [6.45, 7) is 5.70. The number of carboxylic acids is 1. The van der Waals surface area contributed by atoms with Crippen molar-refractivity contribution in [2.24, 2.45) is 0 Å². The van der Waals surface area contributed by atoms with Gasteiger partial charge in [-0.25, -0.2) is 4.79 Å². The van der Waals surface area contributed by atoms with E-state index in [9.17, 15) is 14.7 Å². The van der Waals surface area contributed by atoms with E-state index in [1.165, 1.54) is 64.2 Å². The first kappa shape index (κ1) is 25.1. The molecule has 0 radical (unpaired) electrons. The van der Waals surface area contributed by atoms with Crippen LogP contribution in [0.4, 0.5) is 0 Å². The molecular weight excluding hydrogens is 328 g/mol. The summed E-state index contributed by atoms with van der Waals surface area (Å²) < 4.78 is 5.60. The Bertz CT molecular complexity index is 347. The van der Waals surface area contributed by atoms with Gasteiger partial charge in [0.2, 0.25) is 0 Å². The highest BCUT2D eigenvalue weighted by Crippen LogP contribution is 2.17. The van der Waals surface area contributed by atoms with E-state index in [2.05, 4.69) is 0 Å². The Labute approximate surface area is 161 Å². The molecule has 0 aliphatic rings. The average molecular weight is 371 g/mol. The van der Waals surface area contributed by atoms with Crippen LogP contribution in [0.1, 0.15) is 117 Å². The molecule has 0 aliphatic heterocycles. The van der Waals surface area contributed by atoms with E-state index in [0.717, 1.165) is 32.0 Å². The zero-order valence-corrected chi connectivity index (χ0v) is 17.4. The monoisotopic (exact) mass is 370 g/mol. The van der Waals surface area contributed by atoms with Gasteiger partial charge in [0.1, 0.15) is 6.29 Å². The third kappa shape index (κ3) is 17.9. The standard InChI is InChI=1S/C22H42O4/c1-22(2,3)26-20(21(24)25)18-16-14-12-10-8-6-4-5-7-9-11-13-15-17-19-23/h19-20H,4-18H2,1-3H3,(H,24,25). The molecule has 0 saturated heterocycles. The number of aldehydes is 1. The van der Waals surface area contributed by atoms with Crippen LogP contribution in [0.25, 0.3) is 0 Å². The van der Waals surface area contributed by atoms with Gasteiger partial charge in [0, 0.05) is 6.42 Å². The molecule has 0 aliphatic carbocycles. The van der Waals surface area contributed by atoms with E-state index in [1.54, 1.807) is 0 Å². The van der Waals surface area contributed by atoms with E-state index >= 15 is 0 Å². The SMILES string of the molecule is CC(C)(C)OC(CCCCCCCCCCCCCCCC=O)C(=O)O. The molecule has 0 aromatic heterocycles. The van der Waals surface area contributed by atoms with Crippen LogP contribution in [0, 0.1) is 0 Å². The van der Waals surface area contributed by atoms with Crippen LogP contribution < -0.4 is 0 Å². The maximum Gasteiger partial charge on any atom is 0.332 e. The molecular formula is C22H42O4. The minimum absolute atomic E-state index is 0.404. The highest BCUT2D eigenvalue weighted by atomic mass is 16.5. The molecule has 0 rings (SSSR count). The normalized spacial score (nSPS) is 12.9. The van der Waals surface area contributed by atoms with Crippen LogP contribution >= 0.6 is 0 Å². The summed E-state index contributed by atoms with van der Waals surface area (Å²) in [6.07, 6.45) is 17.6. The number of unbranched alkanes of at least 4 members (excludes halogenated alkanes) is 13. The Morgan fingerprint density at radius 2 is 1.19 bits per heavy atom. The van der Waals surface area contributed by atoms with Crippen molar-refractivity contribution >= 4 is 12.3 Å². The first-order chi connectivity index (χ1) is 12.4. The van der Waals surface area contributed by atoms with Gasteiger partial charge in [-0.2, -0.15) is 0 Å². The number of carbonyl (C=O) groups excluding carboxylic acids is 1. The van der Waals surface area contributed by atoms with Crippen molar-refractivity contribution < 1.29 is 19.4 Å². The second-order valence-electron chi connectivity index (χ2n) is 8.40. The summed E-state index contributed by atoms with van der Waals surface area (Å²) in [5, 5.41) is 9.21. The van der Waals surface area contributed by atoms with Gasteiger partial charge in [-0.1, -0.05) is 77.0 Å². The van der Waals surface area contributed by atoms with E-state index in [4.69, 9.17) is 4.74 Å². The second kappa shape index (κ2) is 16.3. The molecule has 0 aromatic rings. The van der Waals surface area contributed by atoms with Gasteiger partial charge in [0.05, 0.1) is 5.60 Å². The lowest BCUT2D eigenvalue weighted by Gasteiger charge is -2.24. The van der Waals surface area contributed by atoms with Crippen LogP contribution in [0.3, 0.4) is 0 Å². The van der Waals surface area contributed by atoms with Gasteiger partial charge >= 0.3 is 5.97 Å². The molecule has 4 nitrogen and oxygen atoms in total. The number of carbonyl (C=O) groups is 2. The summed E-state index contributed by atoms with van der Waals surface area (Å²) in [5.41, 5.74) is -0.404. The molecule has 4 heteroatoms. The fourth-order valence-electron chi connectivity index (χ4n) is 3.16. The largest absolute Gasteiger partial charge is 0.479 e. The molecule has 154 valence electrons. The Balaban J connectivity index is 3.37. The maximum absolute atomic E-state index is 11.2. The fraction of sp³-hybridized carbons (Fsp3) is 0.909. The van der Waals surface area contributed by atoms with E-state index in [0.29, 0.717) is 6.42 Å². The first-order valence-corrected chi connectivity index (χ1v) is 10.7. The quantitative estimate of drug-likeness (QED) is 0.227. The lowest BCUT2D eigenvalue weighted by atomic mass is 10.0. The number of aliphatic carboxylic acids is 1. The zero-order chi connectivity index (χ0) is 19.7. The summed E-state index contributed by atoms with van der Waals surface area (Å²) in [5.74, 6) is -0.844. The molecule has 0 aromatic carbocycles. The van der Waals surface area contributed by atoms with Crippen LogP contribution in [0.5, 0.6) is 0 Å². The number of rotatable bonds is 18. The highest BCUT2D eigenvalue weighted by molar-refractivity contribution is 5.72. The van der Waals surface area contributed by atoms with E-state index < -0.39 is 17.7 Å². The summed E-state index contributed by atoms with van der Waals surface area (Å²) in [4.78, 5) is 21.4. The van der Waals surface area contributed by atoms with Gasteiger partial charge in [0.15, 0.2) is 6.10 Å². The second-order valence-corrected chi connectivity index (χ2v) is 8.40. The molecule has 1 unspecified atom stereocenters. The molecule has 1 N–H and O–H groups in total. The van der Waals surface area contributed by atoms with Gasteiger partial charge < -0.3 is 14.6 Å². The minimum atomic E-state index is -0.844. The maximum atomic E-state index is 11.2. The van der Waals surface area contributed by atoms with E-state index in [1.807, 2.05) is 20.8 Å². The smallest absolute Gasteiger partial charge is 0.332 e. The molecule has 0 saturated carbocycles. The molecule has 0 amide bonds. The van der Waals surface area contributed by atoms with Crippen molar-refractivity contribution in [1.82, 2.24) is 0 Å².